The molecule has 0 bridgehead atoms. The summed E-state index contributed by atoms with van der Waals surface area (Å²) in [7, 11) is 6.71. The minimum Gasteiger partial charge on any atom is -0.497 e. The van der Waals surface area contributed by atoms with E-state index in [9.17, 15) is 0 Å². The van der Waals surface area contributed by atoms with E-state index in [0.29, 0.717) is 25.2 Å². The van der Waals surface area contributed by atoms with Gasteiger partial charge in [0.15, 0.2) is 0 Å². The average molecular weight is 697 g/mol. The molecule has 8 heteroatoms. The van der Waals surface area contributed by atoms with Crippen LogP contribution < -0.4 is 30.0 Å². The van der Waals surface area contributed by atoms with Crippen molar-refractivity contribution in [1.82, 2.24) is 10.2 Å². The number of hydrogen-bond donors (Lipinski definition) is 2. The Morgan fingerprint density at radius 3 is 2.06 bits per heavy atom. The fourth-order valence-electron chi connectivity index (χ4n) is 6.21. The largest absolute Gasteiger partial charge is 0.497 e. The quantitative estimate of drug-likeness (QED) is 0.0840. The summed E-state index contributed by atoms with van der Waals surface area (Å²) in [5, 5.41) is 12.8. The van der Waals surface area contributed by atoms with Crippen LogP contribution in [-0.4, -0.2) is 39.9 Å². The third kappa shape index (κ3) is 11.4. The smallest absolute Gasteiger partial charge is 0.127 e. The summed E-state index contributed by atoms with van der Waals surface area (Å²) < 4.78 is 22.6. The molecule has 51 heavy (non-hydrogen) atoms. The first-order valence-corrected chi connectivity index (χ1v) is 18.2. The number of hydrogen-bond acceptors (Lipinski definition) is 8. The molecule has 0 heterocycles. The molecular weight excluding hydrogens is 636 g/mol. The average Bonchev–Trinajstić information content (AvgIpc) is 3.14. The fourth-order valence-corrected chi connectivity index (χ4v) is 6.21. The van der Waals surface area contributed by atoms with Crippen molar-refractivity contribution in [2.75, 3.05) is 35.0 Å². The predicted molar refractivity (Wildman–Crippen MR) is 209 cm³/mol. The van der Waals surface area contributed by atoms with Crippen molar-refractivity contribution >= 4 is 5.70 Å². The molecule has 0 aliphatic carbocycles. The SMILES string of the molecule is CCCCCN(Cc1ccc(OC)cc1OC)/C(=C(\N)C(NCc1ccc(OC)cc1OC)=C(C)C(C)C)c1ccc(CCCCC#N)cc1C. The Balaban J connectivity index is 2.26. The van der Waals surface area contributed by atoms with Crippen molar-refractivity contribution in [1.29, 1.82) is 5.26 Å². The number of nitrogens with two attached hydrogens (primary N) is 1. The first-order chi connectivity index (χ1) is 24.6. The molecular formula is C43H60N4O4. The highest BCUT2D eigenvalue weighted by atomic mass is 16.5. The van der Waals surface area contributed by atoms with E-state index in [0.717, 1.165) is 102 Å². The van der Waals surface area contributed by atoms with Gasteiger partial charge in [-0.3, -0.25) is 0 Å². The van der Waals surface area contributed by atoms with Crippen LogP contribution in [0.25, 0.3) is 5.70 Å². The Morgan fingerprint density at radius 1 is 0.843 bits per heavy atom. The predicted octanol–water partition coefficient (Wildman–Crippen LogP) is 9.31. The van der Waals surface area contributed by atoms with Gasteiger partial charge in [-0.05, 0) is 86.4 Å². The molecule has 0 amide bonds. The number of aryl methyl sites for hydroxylation is 2. The normalized spacial score (nSPS) is 12.1. The van der Waals surface area contributed by atoms with Crippen molar-refractivity contribution in [3.8, 4) is 29.1 Å². The minimum absolute atomic E-state index is 0.247. The monoisotopic (exact) mass is 696 g/mol. The number of nitrogens with zero attached hydrogens (tertiary/aromatic N) is 2. The van der Waals surface area contributed by atoms with Gasteiger partial charge < -0.3 is 34.9 Å². The molecule has 0 aromatic heterocycles. The maximum atomic E-state index is 9.01. The van der Waals surface area contributed by atoms with E-state index in [-0.39, 0.29) is 5.92 Å². The Bertz CT molecular complexity index is 1670. The van der Waals surface area contributed by atoms with Crippen LogP contribution >= 0.6 is 0 Å². The number of methoxy groups -OCH3 is 4. The lowest BCUT2D eigenvalue weighted by molar-refractivity contribution is 0.353. The van der Waals surface area contributed by atoms with Gasteiger partial charge in [0.25, 0.3) is 0 Å². The van der Waals surface area contributed by atoms with Gasteiger partial charge in [-0.1, -0.05) is 51.8 Å². The van der Waals surface area contributed by atoms with Crippen LogP contribution in [0.5, 0.6) is 23.0 Å². The topological polar surface area (TPSA) is 102 Å². The summed E-state index contributed by atoms with van der Waals surface area (Å²) in [6.07, 6.45) is 6.63. The molecule has 3 aromatic carbocycles. The molecule has 0 spiro atoms. The van der Waals surface area contributed by atoms with E-state index >= 15 is 0 Å². The highest BCUT2D eigenvalue weighted by molar-refractivity contribution is 5.73. The summed E-state index contributed by atoms with van der Waals surface area (Å²) in [5.41, 5.74) is 16.8. The number of unbranched alkanes of at least 4 members (excludes halogenated alkanes) is 4. The van der Waals surface area contributed by atoms with Gasteiger partial charge >= 0.3 is 0 Å². The molecule has 276 valence electrons. The van der Waals surface area contributed by atoms with Crippen molar-refractivity contribution < 1.29 is 18.9 Å². The van der Waals surface area contributed by atoms with Crippen LogP contribution in [0, 0.1) is 24.2 Å². The molecule has 0 saturated carbocycles. The molecule has 0 radical (unpaired) electrons. The maximum Gasteiger partial charge on any atom is 0.127 e. The van der Waals surface area contributed by atoms with E-state index < -0.39 is 0 Å². The molecule has 0 aliphatic heterocycles. The molecule has 0 atom stereocenters. The summed E-state index contributed by atoms with van der Waals surface area (Å²) >= 11 is 0. The summed E-state index contributed by atoms with van der Waals surface area (Å²) in [4.78, 5) is 2.42. The minimum atomic E-state index is 0.247. The lowest BCUT2D eigenvalue weighted by atomic mass is 9.94. The second-order valence-electron chi connectivity index (χ2n) is 13.3. The van der Waals surface area contributed by atoms with E-state index in [1.165, 1.54) is 11.1 Å². The van der Waals surface area contributed by atoms with Crippen molar-refractivity contribution in [3.05, 3.63) is 99.4 Å². The highest BCUT2D eigenvalue weighted by Gasteiger charge is 2.24. The molecule has 0 fully saturated rings. The van der Waals surface area contributed by atoms with E-state index in [1.807, 2.05) is 30.3 Å². The summed E-state index contributed by atoms with van der Waals surface area (Å²) in [6, 6.07) is 20.9. The number of allylic oxidation sites excluding steroid dienone is 1. The first-order valence-electron chi connectivity index (χ1n) is 18.2. The number of rotatable bonds is 21. The zero-order chi connectivity index (χ0) is 37.3. The molecule has 3 N–H and O–H groups in total. The van der Waals surface area contributed by atoms with Gasteiger partial charge in [-0.25, -0.2) is 0 Å². The third-order valence-electron chi connectivity index (χ3n) is 9.49. The number of ether oxygens (including phenoxy) is 4. The zero-order valence-corrected chi connectivity index (χ0v) is 32.4. The van der Waals surface area contributed by atoms with E-state index in [4.69, 9.17) is 29.9 Å². The van der Waals surface area contributed by atoms with Crippen LogP contribution in [0.4, 0.5) is 0 Å². The van der Waals surface area contributed by atoms with Crippen molar-refractivity contribution in [2.45, 2.75) is 92.7 Å². The van der Waals surface area contributed by atoms with Gasteiger partial charge in [0.05, 0.1) is 51.6 Å². The summed E-state index contributed by atoms with van der Waals surface area (Å²) in [5.74, 6) is 3.26. The van der Waals surface area contributed by atoms with Gasteiger partial charge in [0.1, 0.15) is 23.0 Å². The van der Waals surface area contributed by atoms with E-state index in [2.05, 4.69) is 75.2 Å². The standard InChI is InChI=1S/C43H60N4O4/c1-10-11-15-24-47(29-35-19-21-37(49-7)27-40(35)51-9)43(38-22-17-33(25-31(38)4)16-13-12-14-23-44)41(45)42(32(5)30(2)3)46-28-34-18-20-36(48-6)26-39(34)50-8/h17-22,25-27,30,46H,10-16,24,28-29,45H2,1-9H3/b42-32?,43-41-. The second-order valence-corrected chi connectivity index (χ2v) is 13.3. The zero-order valence-electron chi connectivity index (χ0n) is 32.4. The van der Waals surface area contributed by atoms with Crippen molar-refractivity contribution in [2.24, 2.45) is 11.7 Å². The fraction of sp³-hybridized carbons (Fsp3) is 0.465. The highest BCUT2D eigenvalue weighted by Crippen LogP contribution is 2.34. The molecule has 8 nitrogen and oxygen atoms in total. The lowest BCUT2D eigenvalue weighted by Gasteiger charge is -2.32. The van der Waals surface area contributed by atoms with E-state index in [1.54, 1.807) is 28.4 Å². The maximum absolute atomic E-state index is 9.01. The van der Waals surface area contributed by atoms with Crippen LogP contribution in [-0.2, 0) is 19.5 Å². The molecule has 0 saturated heterocycles. The van der Waals surface area contributed by atoms with Gasteiger partial charge in [0.2, 0.25) is 0 Å². The number of benzene rings is 3. The van der Waals surface area contributed by atoms with Crippen LogP contribution in [0.1, 0.15) is 94.0 Å². The first kappa shape index (κ1) is 40.7. The molecule has 3 rings (SSSR count). The van der Waals surface area contributed by atoms with Crippen LogP contribution in [0.2, 0.25) is 0 Å². The second kappa shape index (κ2) is 20.8. The van der Waals surface area contributed by atoms with Gasteiger partial charge in [0, 0.05) is 54.9 Å². The van der Waals surface area contributed by atoms with Crippen LogP contribution in [0.15, 0.2) is 71.6 Å². The Kier molecular flexibility index (Phi) is 16.6. The summed E-state index contributed by atoms with van der Waals surface area (Å²) in [6.45, 7) is 12.9. The van der Waals surface area contributed by atoms with Gasteiger partial charge in [-0.2, -0.15) is 5.26 Å². The Morgan fingerprint density at radius 2 is 1.49 bits per heavy atom. The lowest BCUT2D eigenvalue weighted by Crippen LogP contribution is -2.30. The van der Waals surface area contributed by atoms with Crippen LogP contribution in [0.3, 0.4) is 0 Å². The molecule has 0 unspecified atom stereocenters. The molecule has 3 aromatic rings. The Hall–Kier alpha value is -4.77. The number of nitriles is 1. The Labute approximate surface area is 307 Å². The molecule has 0 aliphatic rings. The van der Waals surface area contributed by atoms with Gasteiger partial charge in [-0.15, -0.1) is 0 Å². The third-order valence-corrected chi connectivity index (χ3v) is 9.49. The number of nitrogens with one attached hydrogen (secondary N) is 1. The van der Waals surface area contributed by atoms with Crippen molar-refractivity contribution in [3.63, 3.8) is 0 Å².